The third-order valence-electron chi connectivity index (χ3n) is 1.63. The number of carbonyl (C=O) groups excluding carboxylic acids is 2. The maximum atomic E-state index is 10.8. The second-order valence-corrected chi connectivity index (χ2v) is 4.91. The summed E-state index contributed by atoms with van der Waals surface area (Å²) < 4.78 is 11.2. The van der Waals surface area contributed by atoms with Crippen molar-refractivity contribution in [3.05, 3.63) is 8.96 Å². The number of hydrogen-bond acceptors (Lipinski definition) is 4. The molecule has 4 nitrogen and oxygen atoms in total. The molecule has 92 valence electrons. The van der Waals surface area contributed by atoms with Gasteiger partial charge in [0.25, 0.3) is 0 Å². The highest BCUT2D eigenvalue weighted by molar-refractivity contribution is 9.14. The zero-order chi connectivity index (χ0) is 12.9. The zero-order valence-corrected chi connectivity index (χ0v) is 12.7. The average Bonchev–Trinajstić information content (AvgIpc) is 2.13. The zero-order valence-electron chi connectivity index (χ0n) is 9.54. The molecular weight excluding hydrogens is 344 g/mol. The van der Waals surface area contributed by atoms with Gasteiger partial charge in [-0.15, -0.1) is 0 Å². The molecule has 0 aromatic heterocycles. The summed E-state index contributed by atoms with van der Waals surface area (Å²) in [6.45, 7) is 6.10. The van der Waals surface area contributed by atoms with Crippen LogP contribution in [-0.2, 0) is 19.1 Å². The van der Waals surface area contributed by atoms with Crippen molar-refractivity contribution in [3.8, 4) is 0 Å². The van der Waals surface area contributed by atoms with Gasteiger partial charge in [-0.3, -0.25) is 9.59 Å². The van der Waals surface area contributed by atoms with Gasteiger partial charge in [0, 0.05) is 22.8 Å². The van der Waals surface area contributed by atoms with Crippen molar-refractivity contribution in [3.63, 3.8) is 0 Å². The van der Waals surface area contributed by atoms with Gasteiger partial charge in [0.2, 0.25) is 0 Å². The molecule has 0 rings (SSSR count). The SMILES string of the molecule is CC(=O)OC(C)/C(Br)=C(\Br)C(C)OC(C)=O. The lowest BCUT2D eigenvalue weighted by Gasteiger charge is -2.17. The summed E-state index contributed by atoms with van der Waals surface area (Å²) in [6, 6.07) is 0. The van der Waals surface area contributed by atoms with Crippen LogP contribution in [0.1, 0.15) is 27.7 Å². The van der Waals surface area contributed by atoms with Gasteiger partial charge in [-0.05, 0) is 13.8 Å². The van der Waals surface area contributed by atoms with Gasteiger partial charge in [0.05, 0.1) is 0 Å². The van der Waals surface area contributed by atoms with Crippen LogP contribution in [0.15, 0.2) is 8.96 Å². The quantitative estimate of drug-likeness (QED) is 0.726. The Bertz CT molecular complexity index is 282. The van der Waals surface area contributed by atoms with Crippen LogP contribution < -0.4 is 0 Å². The summed E-state index contributed by atoms with van der Waals surface area (Å²) in [6.07, 6.45) is -0.852. The molecule has 0 saturated carbocycles. The Morgan fingerprint density at radius 3 is 1.31 bits per heavy atom. The fraction of sp³-hybridized carbons (Fsp3) is 0.600. The van der Waals surface area contributed by atoms with Gasteiger partial charge >= 0.3 is 11.9 Å². The van der Waals surface area contributed by atoms with Gasteiger partial charge in [-0.25, -0.2) is 0 Å². The smallest absolute Gasteiger partial charge is 0.303 e. The largest absolute Gasteiger partial charge is 0.457 e. The minimum absolute atomic E-state index is 0.370. The summed E-state index contributed by atoms with van der Waals surface area (Å²) in [7, 11) is 0. The van der Waals surface area contributed by atoms with Crippen molar-refractivity contribution in [1.29, 1.82) is 0 Å². The Morgan fingerprint density at radius 1 is 0.875 bits per heavy atom. The maximum Gasteiger partial charge on any atom is 0.303 e. The highest BCUT2D eigenvalue weighted by Crippen LogP contribution is 2.27. The van der Waals surface area contributed by atoms with Gasteiger partial charge in [0.15, 0.2) is 0 Å². The first-order valence-corrected chi connectivity index (χ1v) is 6.23. The minimum Gasteiger partial charge on any atom is -0.457 e. The summed E-state index contributed by atoms with van der Waals surface area (Å²) in [4.78, 5) is 21.5. The van der Waals surface area contributed by atoms with E-state index >= 15 is 0 Å². The Kier molecular flexibility index (Phi) is 6.90. The highest BCUT2D eigenvalue weighted by atomic mass is 79.9. The number of esters is 2. The van der Waals surface area contributed by atoms with Crippen molar-refractivity contribution in [2.45, 2.75) is 39.9 Å². The third kappa shape index (κ3) is 5.65. The first-order chi connectivity index (χ1) is 7.25. The van der Waals surface area contributed by atoms with E-state index in [1.165, 1.54) is 13.8 Å². The molecule has 0 aromatic carbocycles. The van der Waals surface area contributed by atoms with Crippen molar-refractivity contribution in [1.82, 2.24) is 0 Å². The number of rotatable bonds is 4. The second-order valence-electron chi connectivity index (χ2n) is 3.20. The van der Waals surface area contributed by atoms with Gasteiger partial charge in [0.1, 0.15) is 12.2 Å². The molecular formula is C10H14Br2O4. The molecule has 0 fully saturated rings. The van der Waals surface area contributed by atoms with Crippen molar-refractivity contribution in [2.75, 3.05) is 0 Å². The van der Waals surface area contributed by atoms with Crippen LogP contribution in [0, 0.1) is 0 Å². The average molecular weight is 358 g/mol. The van der Waals surface area contributed by atoms with Crippen molar-refractivity contribution in [2.24, 2.45) is 0 Å². The van der Waals surface area contributed by atoms with Crippen molar-refractivity contribution >= 4 is 43.8 Å². The van der Waals surface area contributed by atoms with Gasteiger partial charge in [-0.1, -0.05) is 31.9 Å². The molecule has 0 amide bonds. The van der Waals surface area contributed by atoms with Crippen molar-refractivity contribution < 1.29 is 19.1 Å². The molecule has 0 radical (unpaired) electrons. The predicted molar refractivity (Wildman–Crippen MR) is 67.3 cm³/mol. The molecule has 2 atom stereocenters. The van der Waals surface area contributed by atoms with E-state index < -0.39 is 12.2 Å². The lowest BCUT2D eigenvalue weighted by Crippen LogP contribution is -2.18. The Morgan fingerprint density at radius 2 is 1.12 bits per heavy atom. The standard InChI is InChI=1S/C10H14Br2O4/c1-5(15-7(3)13)9(11)10(12)6(2)16-8(4)14/h5-6H,1-4H3/b10-9+. The number of carbonyl (C=O) groups is 2. The molecule has 0 aromatic rings. The molecule has 6 heteroatoms. The van der Waals surface area contributed by atoms with E-state index in [0.717, 1.165) is 0 Å². The predicted octanol–water partition coefficient (Wildman–Crippen LogP) is 2.89. The van der Waals surface area contributed by atoms with Crippen LogP contribution in [0.3, 0.4) is 0 Å². The molecule has 0 aliphatic carbocycles. The summed E-state index contributed by atoms with van der Waals surface area (Å²) in [5.41, 5.74) is 0. The molecule has 16 heavy (non-hydrogen) atoms. The Hall–Kier alpha value is -0.360. The first kappa shape index (κ1) is 15.6. The first-order valence-electron chi connectivity index (χ1n) is 4.65. The summed E-state index contributed by atoms with van der Waals surface area (Å²) in [5, 5.41) is 0. The highest BCUT2D eigenvalue weighted by Gasteiger charge is 2.18. The fourth-order valence-electron chi connectivity index (χ4n) is 0.990. The molecule has 0 N–H and O–H groups in total. The van der Waals surface area contributed by atoms with E-state index in [-0.39, 0.29) is 11.9 Å². The normalized spacial score (nSPS) is 15.9. The lowest BCUT2D eigenvalue weighted by molar-refractivity contribution is -0.145. The molecule has 0 bridgehead atoms. The van der Waals surface area contributed by atoms with Crippen LogP contribution in [0.25, 0.3) is 0 Å². The molecule has 0 saturated heterocycles. The molecule has 0 heterocycles. The lowest BCUT2D eigenvalue weighted by atomic mass is 10.3. The minimum atomic E-state index is -0.426. The topological polar surface area (TPSA) is 52.6 Å². The van der Waals surface area contributed by atoms with Gasteiger partial charge < -0.3 is 9.47 Å². The van der Waals surface area contributed by atoms with Crippen LogP contribution in [0.5, 0.6) is 0 Å². The fourth-order valence-corrected chi connectivity index (χ4v) is 1.82. The molecule has 0 aliphatic heterocycles. The molecule has 0 spiro atoms. The second kappa shape index (κ2) is 7.06. The maximum absolute atomic E-state index is 10.8. The van der Waals surface area contributed by atoms with Crippen LogP contribution in [0.2, 0.25) is 0 Å². The summed E-state index contributed by atoms with van der Waals surface area (Å²) >= 11 is 6.58. The number of halogens is 2. The van der Waals surface area contributed by atoms with Crippen LogP contribution >= 0.6 is 31.9 Å². The van der Waals surface area contributed by atoms with E-state index in [4.69, 9.17) is 9.47 Å². The number of hydrogen-bond donors (Lipinski definition) is 0. The summed E-state index contributed by atoms with van der Waals surface area (Å²) in [5.74, 6) is -0.741. The third-order valence-corrected chi connectivity index (χ3v) is 4.30. The Labute approximate surface area is 112 Å². The molecule has 0 aliphatic rings. The van der Waals surface area contributed by atoms with E-state index in [2.05, 4.69) is 31.9 Å². The monoisotopic (exact) mass is 356 g/mol. The van der Waals surface area contributed by atoms with Crippen LogP contribution in [0.4, 0.5) is 0 Å². The van der Waals surface area contributed by atoms with E-state index in [9.17, 15) is 9.59 Å². The van der Waals surface area contributed by atoms with Gasteiger partial charge in [-0.2, -0.15) is 0 Å². The van der Waals surface area contributed by atoms with E-state index in [1.807, 2.05) is 0 Å². The van der Waals surface area contributed by atoms with E-state index in [0.29, 0.717) is 8.96 Å². The molecule has 2 unspecified atom stereocenters. The van der Waals surface area contributed by atoms with E-state index in [1.54, 1.807) is 13.8 Å². The van der Waals surface area contributed by atoms with Crippen LogP contribution in [-0.4, -0.2) is 24.1 Å². The Balaban J connectivity index is 4.66. The number of ether oxygens (including phenoxy) is 2.